The van der Waals surface area contributed by atoms with E-state index in [0.717, 1.165) is 0 Å². The van der Waals surface area contributed by atoms with Crippen molar-refractivity contribution >= 4 is 11.9 Å². The molecule has 1 saturated carbocycles. The van der Waals surface area contributed by atoms with E-state index >= 15 is 0 Å². The van der Waals surface area contributed by atoms with Crippen LogP contribution in [0.3, 0.4) is 0 Å². The van der Waals surface area contributed by atoms with Gasteiger partial charge in [-0.3, -0.25) is 9.59 Å². The van der Waals surface area contributed by atoms with Crippen molar-refractivity contribution in [2.75, 3.05) is 0 Å². The number of halogens is 1. The Kier molecular flexibility index (Phi) is 3.55. The molecule has 0 saturated heterocycles. The van der Waals surface area contributed by atoms with E-state index in [4.69, 9.17) is 5.11 Å². The molecule has 0 aromatic heterocycles. The summed E-state index contributed by atoms with van der Waals surface area (Å²) in [4.78, 5) is 22.5. The third kappa shape index (κ3) is 2.92. The minimum Gasteiger partial charge on any atom is -0.481 e. The van der Waals surface area contributed by atoms with Gasteiger partial charge in [0.05, 0.1) is 17.9 Å². The molecule has 1 aliphatic rings. The molecule has 0 spiro atoms. The fourth-order valence-corrected chi connectivity index (χ4v) is 2.04. The third-order valence-corrected chi connectivity index (χ3v) is 3.50. The number of aryl methyl sites for hydroxylation is 1. The highest BCUT2D eigenvalue weighted by Gasteiger charge is 2.48. The zero-order valence-corrected chi connectivity index (χ0v) is 10.8. The Morgan fingerprint density at radius 2 is 2.11 bits per heavy atom. The molecule has 2 N–H and O–H groups in total. The van der Waals surface area contributed by atoms with E-state index in [0.29, 0.717) is 17.5 Å². The van der Waals surface area contributed by atoms with E-state index in [9.17, 15) is 14.0 Å². The van der Waals surface area contributed by atoms with Gasteiger partial charge in [-0.1, -0.05) is 12.1 Å². The second-order valence-corrected chi connectivity index (χ2v) is 5.03. The van der Waals surface area contributed by atoms with Crippen LogP contribution in [-0.4, -0.2) is 17.0 Å². The molecule has 0 heterocycles. The van der Waals surface area contributed by atoms with E-state index < -0.39 is 17.8 Å². The van der Waals surface area contributed by atoms with Gasteiger partial charge in [-0.15, -0.1) is 0 Å². The highest BCUT2D eigenvalue weighted by Crippen LogP contribution is 2.39. The summed E-state index contributed by atoms with van der Waals surface area (Å²) in [5, 5.41) is 11.5. The van der Waals surface area contributed by atoms with Crippen LogP contribution in [0.1, 0.15) is 30.5 Å². The van der Waals surface area contributed by atoms with E-state index in [-0.39, 0.29) is 17.8 Å². The number of carbonyl (C=O) groups excluding carboxylic acids is 1. The lowest BCUT2D eigenvalue weighted by atomic mass is 10.1. The van der Waals surface area contributed by atoms with Gasteiger partial charge >= 0.3 is 5.97 Å². The van der Waals surface area contributed by atoms with Crippen LogP contribution in [0, 0.1) is 24.6 Å². The summed E-state index contributed by atoms with van der Waals surface area (Å²) in [7, 11) is 0. The Balaban J connectivity index is 1.97. The first kappa shape index (κ1) is 13.5. The van der Waals surface area contributed by atoms with Crippen molar-refractivity contribution in [1.82, 2.24) is 5.32 Å². The highest BCUT2D eigenvalue weighted by molar-refractivity contribution is 5.89. The predicted molar refractivity (Wildman–Crippen MR) is 66.9 cm³/mol. The van der Waals surface area contributed by atoms with Gasteiger partial charge in [0.15, 0.2) is 0 Å². The largest absolute Gasteiger partial charge is 0.481 e. The summed E-state index contributed by atoms with van der Waals surface area (Å²) in [5.74, 6) is -2.54. The summed E-state index contributed by atoms with van der Waals surface area (Å²) >= 11 is 0. The standard InChI is InChI=1S/C14H16FNO3/c1-7-3-4-9(5-12(7)15)8(2)16-13(17)10-6-11(10)14(18)19/h3-5,8,10-11H,6H2,1-2H3,(H,16,17)(H,18,19). The van der Waals surface area contributed by atoms with Gasteiger partial charge in [-0.05, 0) is 37.5 Å². The van der Waals surface area contributed by atoms with E-state index in [1.807, 2.05) is 0 Å². The van der Waals surface area contributed by atoms with Crippen molar-refractivity contribution in [3.63, 3.8) is 0 Å². The molecule has 1 fully saturated rings. The van der Waals surface area contributed by atoms with Gasteiger partial charge in [-0.25, -0.2) is 4.39 Å². The summed E-state index contributed by atoms with van der Waals surface area (Å²) < 4.78 is 13.4. The molecule has 0 aliphatic heterocycles. The molecule has 0 bridgehead atoms. The van der Waals surface area contributed by atoms with E-state index in [1.165, 1.54) is 6.07 Å². The molecule has 3 atom stereocenters. The molecule has 3 unspecified atom stereocenters. The molecule has 2 rings (SSSR count). The number of carbonyl (C=O) groups is 2. The summed E-state index contributed by atoms with van der Waals surface area (Å²) in [5.41, 5.74) is 1.22. The summed E-state index contributed by atoms with van der Waals surface area (Å²) in [6.07, 6.45) is 0.385. The average Bonchev–Trinajstić information content (AvgIpc) is 3.12. The van der Waals surface area contributed by atoms with Crippen molar-refractivity contribution < 1.29 is 19.1 Å². The monoisotopic (exact) mass is 265 g/mol. The Labute approximate surface area is 110 Å². The lowest BCUT2D eigenvalue weighted by molar-refractivity contribution is -0.140. The molecular weight excluding hydrogens is 249 g/mol. The predicted octanol–water partition coefficient (Wildman–Crippen LogP) is 2.03. The number of rotatable bonds is 4. The van der Waals surface area contributed by atoms with Gasteiger partial charge in [-0.2, -0.15) is 0 Å². The van der Waals surface area contributed by atoms with Crippen molar-refractivity contribution in [1.29, 1.82) is 0 Å². The van der Waals surface area contributed by atoms with Crippen LogP contribution >= 0.6 is 0 Å². The summed E-state index contributed by atoms with van der Waals surface area (Å²) in [6, 6.07) is 4.47. The Hall–Kier alpha value is -1.91. The number of hydrogen-bond acceptors (Lipinski definition) is 2. The van der Waals surface area contributed by atoms with Crippen LogP contribution in [-0.2, 0) is 9.59 Å². The van der Waals surface area contributed by atoms with Crippen LogP contribution in [0.2, 0.25) is 0 Å². The molecule has 5 heteroatoms. The van der Waals surface area contributed by atoms with Gasteiger partial charge in [0.25, 0.3) is 0 Å². The van der Waals surface area contributed by atoms with Crippen molar-refractivity contribution in [3.05, 3.63) is 35.1 Å². The molecule has 102 valence electrons. The van der Waals surface area contributed by atoms with Gasteiger partial charge in [0.1, 0.15) is 5.82 Å². The quantitative estimate of drug-likeness (QED) is 0.875. The zero-order chi connectivity index (χ0) is 14.2. The number of nitrogens with one attached hydrogen (secondary N) is 1. The fourth-order valence-electron chi connectivity index (χ4n) is 2.04. The Morgan fingerprint density at radius 3 is 2.63 bits per heavy atom. The SMILES string of the molecule is Cc1ccc(C(C)NC(=O)C2CC2C(=O)O)cc1F. The summed E-state index contributed by atoms with van der Waals surface area (Å²) in [6.45, 7) is 3.42. The molecule has 1 amide bonds. The first-order valence-electron chi connectivity index (χ1n) is 6.19. The van der Waals surface area contributed by atoms with Crippen LogP contribution in [0.5, 0.6) is 0 Å². The van der Waals surface area contributed by atoms with Crippen molar-refractivity contribution in [2.24, 2.45) is 11.8 Å². The Bertz CT molecular complexity index is 529. The molecule has 1 aromatic rings. The maximum Gasteiger partial charge on any atom is 0.307 e. The second-order valence-electron chi connectivity index (χ2n) is 5.03. The normalized spacial score (nSPS) is 22.7. The molecule has 4 nitrogen and oxygen atoms in total. The van der Waals surface area contributed by atoms with Crippen LogP contribution in [0.15, 0.2) is 18.2 Å². The van der Waals surface area contributed by atoms with Crippen LogP contribution in [0.25, 0.3) is 0 Å². The third-order valence-electron chi connectivity index (χ3n) is 3.50. The van der Waals surface area contributed by atoms with Gasteiger partial charge in [0, 0.05) is 0 Å². The average molecular weight is 265 g/mol. The lowest BCUT2D eigenvalue weighted by Crippen LogP contribution is -2.29. The topological polar surface area (TPSA) is 66.4 Å². The Morgan fingerprint density at radius 1 is 1.42 bits per heavy atom. The number of amides is 1. The molecule has 0 radical (unpaired) electrons. The zero-order valence-electron chi connectivity index (χ0n) is 10.8. The highest BCUT2D eigenvalue weighted by atomic mass is 19.1. The maximum absolute atomic E-state index is 13.4. The number of hydrogen-bond donors (Lipinski definition) is 2. The van der Waals surface area contributed by atoms with E-state index in [1.54, 1.807) is 26.0 Å². The number of carboxylic acids is 1. The molecule has 1 aliphatic carbocycles. The second kappa shape index (κ2) is 4.99. The number of aliphatic carboxylic acids is 1. The van der Waals surface area contributed by atoms with Gasteiger partial charge < -0.3 is 10.4 Å². The molecule has 1 aromatic carbocycles. The molecular formula is C14H16FNO3. The number of carboxylic acid groups (broad SMARTS) is 1. The lowest BCUT2D eigenvalue weighted by Gasteiger charge is -2.14. The minimum absolute atomic E-state index is 0.277. The van der Waals surface area contributed by atoms with E-state index in [2.05, 4.69) is 5.32 Å². The maximum atomic E-state index is 13.4. The first-order valence-corrected chi connectivity index (χ1v) is 6.19. The van der Waals surface area contributed by atoms with Gasteiger partial charge in [0.2, 0.25) is 5.91 Å². The van der Waals surface area contributed by atoms with Crippen molar-refractivity contribution in [2.45, 2.75) is 26.3 Å². The first-order chi connectivity index (χ1) is 8.90. The number of benzene rings is 1. The van der Waals surface area contributed by atoms with Crippen LogP contribution in [0.4, 0.5) is 4.39 Å². The van der Waals surface area contributed by atoms with Crippen LogP contribution < -0.4 is 5.32 Å². The molecule has 19 heavy (non-hydrogen) atoms. The minimum atomic E-state index is -0.936. The fraction of sp³-hybridized carbons (Fsp3) is 0.429. The smallest absolute Gasteiger partial charge is 0.307 e. The van der Waals surface area contributed by atoms with Crippen molar-refractivity contribution in [3.8, 4) is 0 Å².